The van der Waals surface area contributed by atoms with Crippen molar-refractivity contribution in [2.45, 2.75) is 56.7 Å². The molecule has 0 aliphatic carbocycles. The van der Waals surface area contributed by atoms with Crippen molar-refractivity contribution in [2.24, 2.45) is 0 Å². The second kappa shape index (κ2) is 13.1. The number of rotatable bonds is 13. The number of hydrogen-bond acceptors (Lipinski definition) is 11. The number of carbonyl (C=O) groups excluding carboxylic acids is 1. The molecule has 0 amide bonds. The van der Waals surface area contributed by atoms with Crippen LogP contribution in [0.15, 0.2) is 48.8 Å². The minimum absolute atomic E-state index is 0.0401. The molecule has 6 atom stereocenters. The Morgan fingerprint density at radius 1 is 1.36 bits per heavy atom. The summed E-state index contributed by atoms with van der Waals surface area (Å²) in [6.07, 6.45) is 0.0203. The number of alkyl halides is 1. The molecule has 1 aromatic carbocycles. The number of halogens is 1. The fraction of sp³-hybridized carbons (Fsp3) is 0.481. The summed E-state index contributed by atoms with van der Waals surface area (Å²) < 4.78 is 54.3. The van der Waals surface area contributed by atoms with Crippen LogP contribution in [-0.4, -0.2) is 74.8 Å². The zero-order valence-electron chi connectivity index (χ0n) is 23.6. The zero-order valence-corrected chi connectivity index (χ0v) is 25.3. The van der Waals surface area contributed by atoms with Gasteiger partial charge in [0.25, 0.3) is 0 Å². The molecule has 12 nitrogen and oxygen atoms in total. The van der Waals surface area contributed by atoms with Crippen LogP contribution in [0.1, 0.15) is 31.7 Å². The maximum absolute atomic E-state index is 16.4. The number of nitrogens with zero attached hydrogens (tertiary/aromatic N) is 4. The predicted molar refractivity (Wildman–Crippen MR) is 153 cm³/mol. The normalized spacial score (nSPS) is 25.9. The van der Waals surface area contributed by atoms with E-state index in [0.717, 1.165) is 6.92 Å². The maximum atomic E-state index is 16.4. The first-order valence-electron chi connectivity index (χ1n) is 13.2. The van der Waals surface area contributed by atoms with Gasteiger partial charge in [0.15, 0.2) is 5.67 Å². The molecule has 0 saturated carbocycles. The first kappa shape index (κ1) is 31.9. The molecule has 2 N–H and O–H groups in total. The number of nitriles is 1. The molecule has 226 valence electrons. The summed E-state index contributed by atoms with van der Waals surface area (Å²) >= 11 is 1.48. The topological polar surface area (TPSA) is 157 Å². The van der Waals surface area contributed by atoms with Crippen LogP contribution in [0.4, 0.5) is 4.39 Å². The molecule has 0 spiro atoms. The Labute approximate surface area is 247 Å². The molecular formula is C27H33FN5O7PS. The molecule has 1 unspecified atom stereocenters. The Hall–Kier alpha value is -3.05. The van der Waals surface area contributed by atoms with E-state index in [1.807, 2.05) is 12.3 Å². The van der Waals surface area contributed by atoms with Crippen LogP contribution in [0, 0.1) is 18.3 Å². The summed E-state index contributed by atoms with van der Waals surface area (Å²) in [5.41, 5.74) is -3.80. The molecule has 1 fully saturated rings. The van der Waals surface area contributed by atoms with Crippen molar-refractivity contribution in [1.82, 2.24) is 19.7 Å². The van der Waals surface area contributed by atoms with Gasteiger partial charge in [-0.2, -0.15) is 27.2 Å². The van der Waals surface area contributed by atoms with Crippen molar-refractivity contribution in [3.63, 3.8) is 0 Å². The molecule has 3 aromatic rings. The SMILES string of the molecule is CCOC(=O)[C@H](CCSC)NP(=O)(OC[C@H]1O[C@@](C#N)(c2ccc3c(C)ncnn23)[C@](C)(F)[C@@H]1O)Oc1ccccc1. The lowest BCUT2D eigenvalue weighted by Crippen LogP contribution is -2.48. The number of nitrogens with one attached hydrogen (secondary N) is 1. The third kappa shape index (κ3) is 6.17. The fourth-order valence-electron chi connectivity index (χ4n) is 4.70. The minimum Gasteiger partial charge on any atom is -0.465 e. The first-order chi connectivity index (χ1) is 20.0. The number of aliphatic hydroxyl groups is 1. The Morgan fingerprint density at radius 3 is 2.76 bits per heavy atom. The number of aryl methyl sites for hydroxylation is 1. The number of fused-ring (bicyclic) bond motifs is 1. The first-order valence-corrected chi connectivity index (χ1v) is 16.1. The minimum atomic E-state index is -4.37. The highest BCUT2D eigenvalue weighted by Gasteiger charge is 2.67. The highest BCUT2D eigenvalue weighted by atomic mass is 32.2. The summed E-state index contributed by atoms with van der Waals surface area (Å²) in [6, 6.07) is 12.1. The summed E-state index contributed by atoms with van der Waals surface area (Å²) in [6.45, 7) is 3.88. The van der Waals surface area contributed by atoms with Gasteiger partial charge in [-0.25, -0.2) is 18.5 Å². The molecule has 4 rings (SSSR count). The van der Waals surface area contributed by atoms with E-state index in [-0.39, 0.29) is 24.5 Å². The van der Waals surface area contributed by atoms with Crippen molar-refractivity contribution in [2.75, 3.05) is 25.2 Å². The molecule has 0 radical (unpaired) electrons. The number of hydrogen-bond donors (Lipinski definition) is 2. The number of aliphatic hydroxyl groups excluding tert-OH is 1. The van der Waals surface area contributed by atoms with Crippen LogP contribution in [0.5, 0.6) is 5.75 Å². The number of benzene rings is 1. The van der Waals surface area contributed by atoms with Crippen LogP contribution in [0.3, 0.4) is 0 Å². The van der Waals surface area contributed by atoms with Gasteiger partial charge in [0.1, 0.15) is 36.4 Å². The smallest absolute Gasteiger partial charge is 0.459 e. The van der Waals surface area contributed by atoms with E-state index in [2.05, 4.69) is 15.2 Å². The quantitative estimate of drug-likeness (QED) is 0.211. The zero-order chi connectivity index (χ0) is 30.5. The number of thioether (sulfide) groups is 1. The number of para-hydroxylation sites is 1. The van der Waals surface area contributed by atoms with Gasteiger partial charge < -0.3 is 19.1 Å². The maximum Gasteiger partial charge on any atom is 0.459 e. The predicted octanol–water partition coefficient (Wildman–Crippen LogP) is 3.72. The van der Waals surface area contributed by atoms with Crippen LogP contribution < -0.4 is 9.61 Å². The fourth-order valence-corrected chi connectivity index (χ4v) is 6.71. The Balaban J connectivity index is 1.64. The van der Waals surface area contributed by atoms with Crippen molar-refractivity contribution >= 4 is 31.0 Å². The summed E-state index contributed by atoms with van der Waals surface area (Å²) in [5, 5.41) is 28.1. The molecule has 1 aliphatic rings. The van der Waals surface area contributed by atoms with Gasteiger partial charge in [-0.3, -0.25) is 9.32 Å². The third-order valence-electron chi connectivity index (χ3n) is 6.96. The Bertz CT molecular complexity index is 1490. The van der Waals surface area contributed by atoms with E-state index in [0.29, 0.717) is 17.0 Å². The van der Waals surface area contributed by atoms with Gasteiger partial charge >= 0.3 is 13.7 Å². The number of ether oxygens (including phenoxy) is 2. The molecule has 15 heteroatoms. The van der Waals surface area contributed by atoms with Gasteiger partial charge in [-0.05, 0) is 63.5 Å². The third-order valence-corrected chi connectivity index (χ3v) is 9.17. The monoisotopic (exact) mass is 621 g/mol. The van der Waals surface area contributed by atoms with Crippen molar-refractivity contribution in [1.29, 1.82) is 5.26 Å². The lowest BCUT2D eigenvalue weighted by Gasteiger charge is -2.30. The highest BCUT2D eigenvalue weighted by molar-refractivity contribution is 7.98. The van der Waals surface area contributed by atoms with Crippen molar-refractivity contribution < 1.29 is 37.4 Å². The largest absolute Gasteiger partial charge is 0.465 e. The molecule has 42 heavy (non-hydrogen) atoms. The second-order valence-electron chi connectivity index (χ2n) is 9.74. The number of carbonyl (C=O) groups is 1. The lowest BCUT2D eigenvalue weighted by molar-refractivity contribution is -0.145. The molecule has 1 aliphatic heterocycles. The van der Waals surface area contributed by atoms with Crippen molar-refractivity contribution in [3.8, 4) is 11.8 Å². The van der Waals surface area contributed by atoms with Crippen molar-refractivity contribution in [3.05, 3.63) is 60.2 Å². The summed E-state index contributed by atoms with van der Waals surface area (Å²) in [5.74, 6) is 0.0531. The van der Waals surface area contributed by atoms with E-state index in [1.165, 1.54) is 28.7 Å². The molecular weight excluding hydrogens is 588 g/mol. The lowest BCUT2D eigenvalue weighted by atomic mass is 9.82. The van der Waals surface area contributed by atoms with E-state index < -0.39 is 49.8 Å². The van der Waals surface area contributed by atoms with Gasteiger partial charge in [0, 0.05) is 0 Å². The van der Waals surface area contributed by atoms with E-state index in [4.69, 9.17) is 18.5 Å². The molecule has 2 aromatic heterocycles. The van der Waals surface area contributed by atoms with E-state index >= 15 is 4.39 Å². The second-order valence-corrected chi connectivity index (χ2v) is 12.4. The molecule has 0 bridgehead atoms. The van der Waals surface area contributed by atoms with Crippen LogP contribution in [0.25, 0.3) is 5.52 Å². The average molecular weight is 622 g/mol. The summed E-state index contributed by atoms with van der Waals surface area (Å²) in [7, 11) is -4.37. The average Bonchev–Trinajstić information content (AvgIpc) is 3.49. The highest BCUT2D eigenvalue weighted by Crippen LogP contribution is 2.51. The Morgan fingerprint density at radius 2 is 2.10 bits per heavy atom. The molecule has 1 saturated heterocycles. The summed E-state index contributed by atoms with van der Waals surface area (Å²) in [4.78, 5) is 16.8. The van der Waals surface area contributed by atoms with Crippen LogP contribution >= 0.6 is 19.5 Å². The van der Waals surface area contributed by atoms with Gasteiger partial charge in [-0.15, -0.1) is 0 Å². The van der Waals surface area contributed by atoms with Gasteiger partial charge in [0.05, 0.1) is 30.1 Å². The number of esters is 1. The van der Waals surface area contributed by atoms with Gasteiger partial charge in [0.2, 0.25) is 5.60 Å². The van der Waals surface area contributed by atoms with Crippen LogP contribution in [0.2, 0.25) is 0 Å². The standard InChI is InChI=1S/C27H33FN5O7PS/c1-5-37-25(35)20(13-14-42-4)32-41(36,40-19-9-7-6-8-10-19)38-15-22-24(34)26(3,28)27(16-29,39-22)23-12-11-21-18(2)30-17-31-33(21)23/h6-12,17,20,22,24,34H,5,13-15H2,1-4H3,(H,32,36)/t20-,22+,24+,26+,27-,41?/m0/s1. The Kier molecular flexibility index (Phi) is 9.92. The number of aromatic nitrogens is 3. The molecule has 3 heterocycles. The van der Waals surface area contributed by atoms with E-state index in [9.17, 15) is 19.7 Å². The van der Waals surface area contributed by atoms with E-state index in [1.54, 1.807) is 50.2 Å². The van der Waals surface area contributed by atoms with Crippen LogP contribution in [-0.2, 0) is 29.0 Å². The van der Waals surface area contributed by atoms with Gasteiger partial charge in [-0.1, -0.05) is 18.2 Å².